The second kappa shape index (κ2) is 5.99. The highest BCUT2D eigenvalue weighted by Gasteiger charge is 2.30. The summed E-state index contributed by atoms with van der Waals surface area (Å²) < 4.78 is 40.6. The lowest BCUT2D eigenvalue weighted by Gasteiger charge is -2.11. The summed E-state index contributed by atoms with van der Waals surface area (Å²) in [5.41, 5.74) is 2.91. The molecule has 23 heavy (non-hydrogen) atoms. The van der Waals surface area contributed by atoms with Gasteiger partial charge in [-0.1, -0.05) is 29.8 Å². The Hall–Kier alpha value is -1.83. The summed E-state index contributed by atoms with van der Waals surface area (Å²) in [6, 6.07) is 13.0. The second-order valence-electron chi connectivity index (χ2n) is 5.16. The molecule has 0 unspecified atom stereocenters. The van der Waals surface area contributed by atoms with E-state index in [4.69, 9.17) is 0 Å². The van der Waals surface area contributed by atoms with Gasteiger partial charge in [0, 0.05) is 5.56 Å². The average Bonchev–Trinajstić information content (AvgIpc) is 2.89. The molecule has 2 aromatic carbocycles. The van der Waals surface area contributed by atoms with Gasteiger partial charge < -0.3 is 0 Å². The molecule has 0 N–H and O–H groups in total. The molecule has 0 saturated carbocycles. The van der Waals surface area contributed by atoms with Crippen molar-refractivity contribution in [2.75, 3.05) is 0 Å². The zero-order valence-electron chi connectivity index (χ0n) is 12.1. The van der Waals surface area contributed by atoms with Gasteiger partial charge in [0.2, 0.25) is 0 Å². The Balaban J connectivity index is 2.06. The van der Waals surface area contributed by atoms with Crippen LogP contribution in [0.3, 0.4) is 0 Å². The predicted molar refractivity (Wildman–Crippen MR) is 91.5 cm³/mol. The van der Waals surface area contributed by atoms with Crippen molar-refractivity contribution in [2.24, 2.45) is 0 Å². The van der Waals surface area contributed by atoms with Crippen LogP contribution in [-0.2, 0) is 6.18 Å². The molecule has 0 bridgehead atoms. The third-order valence-corrected chi connectivity index (χ3v) is 4.28. The van der Waals surface area contributed by atoms with E-state index in [0.717, 1.165) is 32.5 Å². The SMILES string of the molecule is Cc1ccc(-c2c(I)cnn2-c2ccc(C(F)(F)F)cc2)cc1. The first-order valence-corrected chi connectivity index (χ1v) is 7.92. The lowest BCUT2D eigenvalue weighted by atomic mass is 10.1. The van der Waals surface area contributed by atoms with E-state index in [-0.39, 0.29) is 0 Å². The standard InChI is InChI=1S/C17H12F3IN2/c1-11-2-4-12(5-3-11)16-15(21)10-22-23(16)14-8-6-13(7-9-14)17(18,19)20/h2-10H,1H3. The lowest BCUT2D eigenvalue weighted by Crippen LogP contribution is -2.06. The first-order valence-electron chi connectivity index (χ1n) is 6.84. The molecule has 6 heteroatoms. The molecular weight excluding hydrogens is 416 g/mol. The fraction of sp³-hybridized carbons (Fsp3) is 0.118. The highest BCUT2D eigenvalue weighted by Crippen LogP contribution is 2.31. The molecule has 1 aromatic heterocycles. The van der Waals surface area contributed by atoms with E-state index in [9.17, 15) is 13.2 Å². The van der Waals surface area contributed by atoms with Crippen LogP contribution in [0.4, 0.5) is 13.2 Å². The number of nitrogens with zero attached hydrogens (tertiary/aromatic N) is 2. The Labute approximate surface area is 145 Å². The molecule has 0 aliphatic rings. The molecule has 0 aliphatic carbocycles. The van der Waals surface area contributed by atoms with Gasteiger partial charge in [0.1, 0.15) is 0 Å². The second-order valence-corrected chi connectivity index (χ2v) is 6.33. The average molecular weight is 428 g/mol. The minimum Gasteiger partial charge on any atom is -0.232 e. The number of benzene rings is 2. The van der Waals surface area contributed by atoms with Crippen molar-refractivity contribution >= 4 is 22.6 Å². The van der Waals surface area contributed by atoms with Crippen LogP contribution in [0, 0.1) is 10.5 Å². The van der Waals surface area contributed by atoms with Crippen LogP contribution in [0.5, 0.6) is 0 Å². The highest BCUT2D eigenvalue weighted by molar-refractivity contribution is 14.1. The number of alkyl halides is 3. The summed E-state index contributed by atoms with van der Waals surface area (Å²) in [6.07, 6.45) is -2.63. The van der Waals surface area contributed by atoms with E-state index in [1.165, 1.54) is 12.1 Å². The van der Waals surface area contributed by atoms with Crippen molar-refractivity contribution in [1.82, 2.24) is 9.78 Å². The first kappa shape index (κ1) is 16.0. The summed E-state index contributed by atoms with van der Waals surface area (Å²) >= 11 is 2.18. The Morgan fingerprint density at radius 3 is 2.13 bits per heavy atom. The maximum Gasteiger partial charge on any atom is 0.416 e. The van der Waals surface area contributed by atoms with Crippen LogP contribution in [0.15, 0.2) is 54.7 Å². The Kier molecular flexibility index (Phi) is 4.18. The van der Waals surface area contributed by atoms with Gasteiger partial charge in [-0.25, -0.2) is 4.68 Å². The number of hydrogen-bond acceptors (Lipinski definition) is 1. The van der Waals surface area contributed by atoms with Crippen LogP contribution in [0.1, 0.15) is 11.1 Å². The summed E-state index contributed by atoms with van der Waals surface area (Å²) in [5, 5.41) is 4.30. The molecule has 0 amide bonds. The molecule has 0 saturated heterocycles. The molecule has 0 atom stereocenters. The Morgan fingerprint density at radius 1 is 0.957 bits per heavy atom. The molecular formula is C17H12F3IN2. The molecule has 3 aromatic rings. The summed E-state index contributed by atoms with van der Waals surface area (Å²) in [4.78, 5) is 0. The normalized spacial score (nSPS) is 11.7. The van der Waals surface area contributed by atoms with Crippen molar-refractivity contribution in [2.45, 2.75) is 13.1 Å². The zero-order valence-corrected chi connectivity index (χ0v) is 14.3. The minimum atomic E-state index is -4.34. The number of aryl methyl sites for hydroxylation is 1. The van der Waals surface area contributed by atoms with Crippen LogP contribution in [0.2, 0.25) is 0 Å². The molecule has 2 nitrogen and oxygen atoms in total. The van der Waals surface area contributed by atoms with Gasteiger partial charge in [0.25, 0.3) is 0 Å². The number of hydrogen-bond donors (Lipinski definition) is 0. The lowest BCUT2D eigenvalue weighted by molar-refractivity contribution is -0.137. The van der Waals surface area contributed by atoms with E-state index in [2.05, 4.69) is 27.7 Å². The smallest absolute Gasteiger partial charge is 0.232 e. The van der Waals surface area contributed by atoms with E-state index in [0.29, 0.717) is 5.69 Å². The number of aromatic nitrogens is 2. The largest absolute Gasteiger partial charge is 0.416 e. The molecule has 0 spiro atoms. The predicted octanol–water partition coefficient (Wildman–Crippen LogP) is 5.47. The van der Waals surface area contributed by atoms with E-state index < -0.39 is 11.7 Å². The number of halogens is 4. The molecule has 118 valence electrons. The van der Waals surface area contributed by atoms with Gasteiger partial charge >= 0.3 is 6.18 Å². The summed E-state index contributed by atoms with van der Waals surface area (Å²) in [6.45, 7) is 2.00. The Morgan fingerprint density at radius 2 is 1.57 bits per heavy atom. The molecule has 3 rings (SSSR count). The van der Waals surface area contributed by atoms with Crippen molar-refractivity contribution in [3.63, 3.8) is 0 Å². The molecule has 0 aliphatic heterocycles. The quantitative estimate of drug-likeness (QED) is 0.495. The van der Waals surface area contributed by atoms with E-state index in [1.807, 2.05) is 31.2 Å². The van der Waals surface area contributed by atoms with Crippen molar-refractivity contribution in [1.29, 1.82) is 0 Å². The fourth-order valence-electron chi connectivity index (χ4n) is 2.29. The van der Waals surface area contributed by atoms with E-state index >= 15 is 0 Å². The van der Waals surface area contributed by atoms with Crippen LogP contribution < -0.4 is 0 Å². The maximum absolute atomic E-state index is 12.7. The summed E-state index contributed by atoms with van der Waals surface area (Å²) in [7, 11) is 0. The van der Waals surface area contributed by atoms with Crippen LogP contribution >= 0.6 is 22.6 Å². The monoisotopic (exact) mass is 428 g/mol. The van der Waals surface area contributed by atoms with Gasteiger partial charge in [0.05, 0.1) is 26.7 Å². The number of rotatable bonds is 2. The third kappa shape index (κ3) is 3.26. The topological polar surface area (TPSA) is 17.8 Å². The van der Waals surface area contributed by atoms with Crippen molar-refractivity contribution < 1.29 is 13.2 Å². The van der Waals surface area contributed by atoms with Crippen LogP contribution in [-0.4, -0.2) is 9.78 Å². The van der Waals surface area contributed by atoms with Crippen molar-refractivity contribution in [3.8, 4) is 16.9 Å². The summed E-state index contributed by atoms with van der Waals surface area (Å²) in [5.74, 6) is 0. The van der Waals surface area contributed by atoms with Gasteiger partial charge in [-0.15, -0.1) is 0 Å². The minimum absolute atomic E-state index is 0.594. The third-order valence-electron chi connectivity index (χ3n) is 3.49. The van der Waals surface area contributed by atoms with Gasteiger partial charge in [-0.3, -0.25) is 0 Å². The van der Waals surface area contributed by atoms with Gasteiger partial charge in [-0.05, 0) is 53.8 Å². The van der Waals surface area contributed by atoms with E-state index in [1.54, 1.807) is 10.9 Å². The van der Waals surface area contributed by atoms with Gasteiger partial charge in [-0.2, -0.15) is 18.3 Å². The van der Waals surface area contributed by atoms with Crippen molar-refractivity contribution in [3.05, 3.63) is 69.4 Å². The Bertz CT molecular complexity index is 819. The maximum atomic E-state index is 12.7. The zero-order chi connectivity index (χ0) is 16.6. The highest BCUT2D eigenvalue weighted by atomic mass is 127. The molecule has 0 fully saturated rings. The van der Waals surface area contributed by atoms with Crippen LogP contribution in [0.25, 0.3) is 16.9 Å². The molecule has 0 radical (unpaired) electrons. The van der Waals surface area contributed by atoms with Gasteiger partial charge in [0.15, 0.2) is 0 Å². The fourth-order valence-corrected chi connectivity index (χ4v) is 2.95. The first-order chi connectivity index (χ1) is 10.9. The molecule has 1 heterocycles.